The number of aliphatic carboxylic acids is 1. The number of carboxylic acids is 1. The lowest BCUT2D eigenvalue weighted by Gasteiger charge is -2.43. The summed E-state index contributed by atoms with van der Waals surface area (Å²) in [7, 11) is 1.70. The molecule has 1 aliphatic heterocycles. The Labute approximate surface area is 141 Å². The largest absolute Gasteiger partial charge is 0.480 e. The molecular formula is C17H24N2O5. The van der Waals surface area contributed by atoms with Crippen LogP contribution in [0.1, 0.15) is 25.7 Å². The van der Waals surface area contributed by atoms with Crippen molar-refractivity contribution in [3.63, 3.8) is 0 Å². The van der Waals surface area contributed by atoms with Crippen molar-refractivity contribution in [3.8, 4) is 0 Å². The Morgan fingerprint density at radius 3 is 2.71 bits per heavy atom. The molecule has 3 atom stereocenters. The van der Waals surface area contributed by atoms with Gasteiger partial charge in [-0.1, -0.05) is 0 Å². The number of amides is 1. The summed E-state index contributed by atoms with van der Waals surface area (Å²) in [5, 5.41) is 8.80. The molecule has 0 bridgehead atoms. The molecule has 1 amide bonds. The lowest BCUT2D eigenvalue weighted by molar-refractivity contribution is -0.152. The third-order valence-electron chi connectivity index (χ3n) is 5.29. The van der Waals surface area contributed by atoms with E-state index < -0.39 is 5.97 Å². The normalized spacial score (nSPS) is 29.5. The van der Waals surface area contributed by atoms with Crippen LogP contribution in [0, 0.1) is 0 Å². The van der Waals surface area contributed by atoms with Gasteiger partial charge in [0.05, 0.1) is 17.7 Å². The third-order valence-corrected chi connectivity index (χ3v) is 5.29. The molecule has 1 aromatic heterocycles. The van der Waals surface area contributed by atoms with Crippen molar-refractivity contribution in [1.29, 1.82) is 0 Å². The lowest BCUT2D eigenvalue weighted by Crippen LogP contribution is -2.53. The van der Waals surface area contributed by atoms with Gasteiger partial charge >= 0.3 is 5.97 Å². The van der Waals surface area contributed by atoms with Gasteiger partial charge in [-0.25, -0.2) is 4.79 Å². The van der Waals surface area contributed by atoms with E-state index in [2.05, 4.69) is 0 Å². The van der Waals surface area contributed by atoms with E-state index in [0.29, 0.717) is 19.5 Å². The fourth-order valence-corrected chi connectivity index (χ4v) is 4.02. The summed E-state index contributed by atoms with van der Waals surface area (Å²) in [5.41, 5.74) is -0.324. The summed E-state index contributed by atoms with van der Waals surface area (Å²) in [6, 6.07) is 3.73. The molecule has 2 fully saturated rings. The second kappa shape index (κ2) is 6.94. The van der Waals surface area contributed by atoms with Crippen LogP contribution < -0.4 is 0 Å². The predicted octanol–water partition coefficient (Wildman–Crippen LogP) is 1.13. The highest BCUT2D eigenvalue weighted by molar-refractivity contribution is 5.77. The molecule has 7 nitrogen and oxygen atoms in total. The number of rotatable bonds is 6. The molecule has 2 aliphatic rings. The average Bonchev–Trinajstić information content (AvgIpc) is 3.20. The molecular weight excluding hydrogens is 312 g/mol. The second-order valence-corrected chi connectivity index (χ2v) is 6.58. The zero-order valence-corrected chi connectivity index (χ0v) is 13.9. The zero-order valence-electron chi connectivity index (χ0n) is 13.9. The fourth-order valence-electron chi connectivity index (χ4n) is 4.02. The molecule has 0 aromatic carbocycles. The molecule has 7 heteroatoms. The maximum absolute atomic E-state index is 12.7. The Bertz CT molecular complexity index is 588. The van der Waals surface area contributed by atoms with Gasteiger partial charge in [-0.2, -0.15) is 0 Å². The van der Waals surface area contributed by atoms with Crippen LogP contribution in [0.2, 0.25) is 0 Å². The van der Waals surface area contributed by atoms with E-state index in [1.54, 1.807) is 7.11 Å². The SMILES string of the molecule is CO[C@]12CC[C@@H](OCC(=O)O)C[C@H]1N(C(=O)Cn1cccc1)CC2. The Balaban J connectivity index is 1.69. The molecule has 1 saturated carbocycles. The molecule has 1 aliphatic carbocycles. The van der Waals surface area contributed by atoms with Gasteiger partial charge in [-0.15, -0.1) is 0 Å². The van der Waals surface area contributed by atoms with Crippen LogP contribution in [-0.4, -0.2) is 64.5 Å². The predicted molar refractivity (Wildman–Crippen MR) is 85.5 cm³/mol. The number of fused-ring (bicyclic) bond motifs is 1. The van der Waals surface area contributed by atoms with E-state index in [-0.39, 0.29) is 30.3 Å². The highest BCUT2D eigenvalue weighted by Crippen LogP contribution is 2.43. The summed E-state index contributed by atoms with van der Waals surface area (Å²) >= 11 is 0. The molecule has 24 heavy (non-hydrogen) atoms. The minimum Gasteiger partial charge on any atom is -0.480 e. The standard InChI is InChI=1S/C17H24N2O5/c1-23-17-5-4-13(24-12-16(21)22)10-14(17)19(9-6-17)15(20)11-18-7-2-3-8-18/h2-3,7-8,13-14H,4-6,9-12H2,1H3,(H,21,22)/t13-,14-,17+/m1/s1. The second-order valence-electron chi connectivity index (χ2n) is 6.58. The smallest absolute Gasteiger partial charge is 0.329 e. The van der Waals surface area contributed by atoms with Crippen molar-refractivity contribution < 1.29 is 24.2 Å². The van der Waals surface area contributed by atoms with Crippen molar-refractivity contribution in [2.45, 2.75) is 50.0 Å². The first-order chi connectivity index (χ1) is 11.5. The number of carbonyl (C=O) groups is 2. The number of nitrogens with zero attached hydrogens (tertiary/aromatic N) is 2. The molecule has 0 spiro atoms. The zero-order chi connectivity index (χ0) is 17.2. The van der Waals surface area contributed by atoms with Gasteiger partial charge in [-0.3, -0.25) is 4.79 Å². The number of aromatic nitrogens is 1. The number of carbonyl (C=O) groups excluding carboxylic acids is 1. The molecule has 3 rings (SSSR count). The van der Waals surface area contributed by atoms with Gasteiger partial charge in [0.1, 0.15) is 13.2 Å². The summed E-state index contributed by atoms with van der Waals surface area (Å²) in [6.45, 7) is 0.683. The monoisotopic (exact) mass is 336 g/mol. The number of hydrogen-bond acceptors (Lipinski definition) is 4. The van der Waals surface area contributed by atoms with Crippen LogP contribution >= 0.6 is 0 Å². The summed E-state index contributed by atoms with van der Waals surface area (Å²) < 4.78 is 13.2. The van der Waals surface area contributed by atoms with Crippen molar-refractivity contribution in [3.05, 3.63) is 24.5 Å². The fraction of sp³-hybridized carbons (Fsp3) is 0.647. The topological polar surface area (TPSA) is 81.0 Å². The summed E-state index contributed by atoms with van der Waals surface area (Å²) in [5.74, 6) is -0.903. The van der Waals surface area contributed by atoms with Gasteiger partial charge in [0.2, 0.25) is 5.91 Å². The van der Waals surface area contributed by atoms with Crippen LogP contribution in [0.25, 0.3) is 0 Å². The Kier molecular flexibility index (Phi) is 4.91. The van der Waals surface area contributed by atoms with E-state index in [1.807, 2.05) is 34.0 Å². The first kappa shape index (κ1) is 17.0. The first-order valence-corrected chi connectivity index (χ1v) is 8.33. The van der Waals surface area contributed by atoms with Crippen LogP contribution in [0.4, 0.5) is 0 Å². The molecule has 1 aromatic rings. The molecule has 132 valence electrons. The van der Waals surface area contributed by atoms with E-state index in [1.165, 1.54) is 0 Å². The van der Waals surface area contributed by atoms with Gasteiger partial charge in [0.15, 0.2) is 0 Å². The minimum atomic E-state index is -0.967. The van der Waals surface area contributed by atoms with Crippen LogP contribution in [0.3, 0.4) is 0 Å². The number of hydrogen-bond donors (Lipinski definition) is 1. The highest BCUT2D eigenvalue weighted by Gasteiger charge is 2.52. The van der Waals surface area contributed by atoms with Crippen LogP contribution in [0.15, 0.2) is 24.5 Å². The Morgan fingerprint density at radius 2 is 2.04 bits per heavy atom. The Morgan fingerprint density at radius 1 is 1.29 bits per heavy atom. The van der Waals surface area contributed by atoms with E-state index in [4.69, 9.17) is 14.6 Å². The van der Waals surface area contributed by atoms with E-state index >= 15 is 0 Å². The van der Waals surface area contributed by atoms with Crippen LogP contribution in [0.5, 0.6) is 0 Å². The summed E-state index contributed by atoms with van der Waals surface area (Å²) in [4.78, 5) is 25.3. The molecule has 1 N–H and O–H groups in total. The van der Waals surface area contributed by atoms with Gasteiger partial charge in [0, 0.05) is 26.0 Å². The van der Waals surface area contributed by atoms with Crippen molar-refractivity contribution in [2.24, 2.45) is 0 Å². The maximum atomic E-state index is 12.7. The van der Waals surface area contributed by atoms with Crippen LogP contribution in [-0.2, 0) is 25.6 Å². The Hall–Kier alpha value is -1.86. The van der Waals surface area contributed by atoms with Gasteiger partial charge in [-0.05, 0) is 37.8 Å². The van der Waals surface area contributed by atoms with Gasteiger partial charge < -0.3 is 24.0 Å². The van der Waals surface area contributed by atoms with Crippen molar-refractivity contribution >= 4 is 11.9 Å². The average molecular weight is 336 g/mol. The van der Waals surface area contributed by atoms with E-state index in [9.17, 15) is 9.59 Å². The quantitative estimate of drug-likeness (QED) is 0.842. The van der Waals surface area contributed by atoms with E-state index in [0.717, 1.165) is 19.3 Å². The minimum absolute atomic E-state index is 0.0573. The molecule has 0 radical (unpaired) electrons. The number of likely N-dealkylation sites (tertiary alicyclic amines) is 1. The number of ether oxygens (including phenoxy) is 2. The van der Waals surface area contributed by atoms with Crippen molar-refractivity contribution in [2.75, 3.05) is 20.3 Å². The molecule has 1 saturated heterocycles. The molecule has 0 unspecified atom stereocenters. The highest BCUT2D eigenvalue weighted by atomic mass is 16.5. The van der Waals surface area contributed by atoms with Gasteiger partial charge in [0.25, 0.3) is 0 Å². The summed E-state index contributed by atoms with van der Waals surface area (Å²) in [6.07, 6.45) is 6.59. The third kappa shape index (κ3) is 3.32. The lowest BCUT2D eigenvalue weighted by atomic mass is 9.79. The number of methoxy groups -OCH3 is 1. The van der Waals surface area contributed by atoms with Crippen molar-refractivity contribution in [1.82, 2.24) is 9.47 Å². The first-order valence-electron chi connectivity index (χ1n) is 8.33. The number of carboxylic acid groups (broad SMARTS) is 1. The maximum Gasteiger partial charge on any atom is 0.329 e. The molecule has 2 heterocycles.